The standard InChI is InChI=1S/C6H3FN6/c7-3-1-4-5(9-2-3)10-11-6(4)12-13-8/h1-2H,(H,9,10,11). The Morgan fingerprint density at radius 2 is 2.46 bits per heavy atom. The highest BCUT2D eigenvalue weighted by atomic mass is 19.1. The number of aromatic nitrogens is 3. The van der Waals surface area contributed by atoms with Crippen molar-refractivity contribution >= 4 is 16.9 Å². The number of halogens is 1. The lowest BCUT2D eigenvalue weighted by atomic mass is 10.3. The van der Waals surface area contributed by atoms with Gasteiger partial charge >= 0.3 is 0 Å². The molecule has 0 spiro atoms. The average Bonchev–Trinajstić information content (AvgIpc) is 2.49. The Labute approximate surface area is 71.0 Å². The van der Waals surface area contributed by atoms with E-state index in [1.54, 1.807) is 0 Å². The quantitative estimate of drug-likeness (QED) is 0.411. The van der Waals surface area contributed by atoms with Crippen molar-refractivity contribution in [2.24, 2.45) is 5.11 Å². The smallest absolute Gasteiger partial charge is 0.181 e. The van der Waals surface area contributed by atoms with Crippen LogP contribution in [0.5, 0.6) is 0 Å². The van der Waals surface area contributed by atoms with Gasteiger partial charge in [0.15, 0.2) is 5.65 Å². The second kappa shape index (κ2) is 2.72. The minimum absolute atomic E-state index is 0.171. The molecule has 0 aliphatic heterocycles. The Morgan fingerprint density at radius 3 is 3.23 bits per heavy atom. The summed E-state index contributed by atoms with van der Waals surface area (Å²) in [6.45, 7) is 0. The molecule has 0 radical (unpaired) electrons. The van der Waals surface area contributed by atoms with Crippen LogP contribution in [-0.4, -0.2) is 15.2 Å². The molecule has 0 unspecified atom stereocenters. The largest absolute Gasteiger partial charge is 0.273 e. The summed E-state index contributed by atoms with van der Waals surface area (Å²) in [7, 11) is 0. The first kappa shape index (κ1) is 7.51. The first-order chi connectivity index (χ1) is 6.31. The van der Waals surface area contributed by atoms with E-state index >= 15 is 0 Å². The van der Waals surface area contributed by atoms with Crippen molar-refractivity contribution in [1.82, 2.24) is 15.2 Å². The normalized spacial score (nSPS) is 9.92. The number of nitrogens with one attached hydrogen (secondary N) is 1. The zero-order valence-electron chi connectivity index (χ0n) is 6.27. The summed E-state index contributed by atoms with van der Waals surface area (Å²) in [6, 6.07) is 1.20. The fourth-order valence-electron chi connectivity index (χ4n) is 0.982. The van der Waals surface area contributed by atoms with E-state index in [0.29, 0.717) is 11.0 Å². The zero-order chi connectivity index (χ0) is 9.26. The maximum Gasteiger partial charge on any atom is 0.181 e. The number of aromatic amines is 1. The molecule has 0 saturated heterocycles. The Balaban J connectivity index is 2.78. The third kappa shape index (κ3) is 1.17. The minimum Gasteiger partial charge on any atom is -0.273 e. The molecule has 2 rings (SSSR count). The number of H-pyrrole nitrogens is 1. The molecule has 1 N–H and O–H groups in total. The Hall–Kier alpha value is -2.14. The molecule has 13 heavy (non-hydrogen) atoms. The summed E-state index contributed by atoms with van der Waals surface area (Å²) in [6.07, 6.45) is 1.04. The first-order valence-electron chi connectivity index (χ1n) is 3.36. The molecule has 0 amide bonds. The molecule has 2 aromatic rings. The van der Waals surface area contributed by atoms with E-state index < -0.39 is 5.82 Å². The Bertz CT molecular complexity index is 497. The van der Waals surface area contributed by atoms with Crippen LogP contribution in [0.2, 0.25) is 0 Å². The number of hydrogen-bond donors (Lipinski definition) is 1. The van der Waals surface area contributed by atoms with Gasteiger partial charge in [0.1, 0.15) is 11.6 Å². The topological polar surface area (TPSA) is 90.3 Å². The number of rotatable bonds is 1. The van der Waals surface area contributed by atoms with Crippen molar-refractivity contribution < 1.29 is 4.39 Å². The molecule has 7 heteroatoms. The molecule has 6 nitrogen and oxygen atoms in total. The minimum atomic E-state index is -0.497. The van der Waals surface area contributed by atoms with E-state index in [0.717, 1.165) is 6.20 Å². The molecule has 0 aliphatic rings. The van der Waals surface area contributed by atoms with Crippen LogP contribution in [0.3, 0.4) is 0 Å². The maximum atomic E-state index is 12.7. The Kier molecular flexibility index (Phi) is 1.57. The van der Waals surface area contributed by atoms with Crippen LogP contribution < -0.4 is 0 Å². The fourth-order valence-corrected chi connectivity index (χ4v) is 0.982. The van der Waals surface area contributed by atoms with Crippen molar-refractivity contribution in [3.63, 3.8) is 0 Å². The molecule has 2 heterocycles. The lowest BCUT2D eigenvalue weighted by molar-refractivity contribution is 0.624. The third-order valence-corrected chi connectivity index (χ3v) is 1.50. The van der Waals surface area contributed by atoms with Crippen LogP contribution in [-0.2, 0) is 0 Å². The highest BCUT2D eigenvalue weighted by Crippen LogP contribution is 2.21. The van der Waals surface area contributed by atoms with Gasteiger partial charge in [0.2, 0.25) is 0 Å². The predicted octanol–water partition coefficient (Wildman–Crippen LogP) is 2.04. The summed E-state index contributed by atoms with van der Waals surface area (Å²) in [4.78, 5) is 6.24. The average molecular weight is 178 g/mol. The number of azide groups is 1. The SMILES string of the molecule is [N-]=[N+]=Nc1[nH]nc2ncc(F)cc12. The van der Waals surface area contributed by atoms with Crippen molar-refractivity contribution in [1.29, 1.82) is 0 Å². The third-order valence-electron chi connectivity index (χ3n) is 1.50. The van der Waals surface area contributed by atoms with E-state index in [1.807, 2.05) is 0 Å². The van der Waals surface area contributed by atoms with Crippen LogP contribution in [0.4, 0.5) is 10.2 Å². The second-order valence-corrected chi connectivity index (χ2v) is 2.29. The van der Waals surface area contributed by atoms with Gasteiger partial charge in [-0.3, -0.25) is 5.10 Å². The summed E-state index contributed by atoms with van der Waals surface area (Å²) >= 11 is 0. The predicted molar refractivity (Wildman–Crippen MR) is 42.7 cm³/mol. The molecule has 0 aliphatic carbocycles. The van der Waals surface area contributed by atoms with Crippen LogP contribution in [0.15, 0.2) is 17.4 Å². The van der Waals surface area contributed by atoms with E-state index in [1.165, 1.54) is 6.07 Å². The van der Waals surface area contributed by atoms with Gasteiger partial charge in [-0.1, -0.05) is 0 Å². The summed E-state index contributed by atoms with van der Waals surface area (Å²) in [5, 5.41) is 9.82. The summed E-state index contributed by atoms with van der Waals surface area (Å²) < 4.78 is 12.7. The van der Waals surface area contributed by atoms with E-state index in [2.05, 4.69) is 25.2 Å². The monoisotopic (exact) mass is 178 g/mol. The van der Waals surface area contributed by atoms with Gasteiger partial charge in [-0.2, -0.15) is 5.10 Å². The van der Waals surface area contributed by atoms with Crippen LogP contribution in [0, 0.1) is 5.82 Å². The van der Waals surface area contributed by atoms with Gasteiger partial charge in [0.25, 0.3) is 0 Å². The van der Waals surface area contributed by atoms with Crippen molar-refractivity contribution in [2.75, 3.05) is 0 Å². The van der Waals surface area contributed by atoms with Gasteiger partial charge in [0, 0.05) is 4.91 Å². The molecular formula is C6H3FN6. The lowest BCUT2D eigenvalue weighted by Crippen LogP contribution is -1.78. The Morgan fingerprint density at radius 1 is 1.62 bits per heavy atom. The molecule has 0 fully saturated rings. The number of fused-ring (bicyclic) bond motifs is 1. The fraction of sp³-hybridized carbons (Fsp3) is 0. The molecule has 0 saturated carbocycles. The molecule has 0 aromatic carbocycles. The molecule has 2 aromatic heterocycles. The van der Waals surface area contributed by atoms with E-state index in [-0.39, 0.29) is 5.82 Å². The maximum absolute atomic E-state index is 12.7. The van der Waals surface area contributed by atoms with Crippen LogP contribution in [0.25, 0.3) is 21.5 Å². The van der Waals surface area contributed by atoms with E-state index in [4.69, 9.17) is 5.53 Å². The van der Waals surface area contributed by atoms with Gasteiger partial charge in [0.05, 0.1) is 11.6 Å². The van der Waals surface area contributed by atoms with Crippen molar-refractivity contribution in [2.45, 2.75) is 0 Å². The molecule has 0 atom stereocenters. The number of pyridine rings is 1. The summed E-state index contributed by atoms with van der Waals surface area (Å²) in [5.41, 5.74) is 8.49. The lowest BCUT2D eigenvalue weighted by Gasteiger charge is -1.87. The zero-order valence-corrected chi connectivity index (χ0v) is 6.27. The second-order valence-electron chi connectivity index (χ2n) is 2.29. The van der Waals surface area contributed by atoms with Gasteiger partial charge in [-0.05, 0) is 16.7 Å². The molecule has 0 bridgehead atoms. The van der Waals surface area contributed by atoms with Gasteiger partial charge in [-0.15, -0.1) is 0 Å². The van der Waals surface area contributed by atoms with Crippen molar-refractivity contribution in [3.05, 3.63) is 28.5 Å². The van der Waals surface area contributed by atoms with Crippen molar-refractivity contribution in [3.8, 4) is 0 Å². The number of nitrogens with zero attached hydrogens (tertiary/aromatic N) is 5. The van der Waals surface area contributed by atoms with Crippen LogP contribution >= 0.6 is 0 Å². The van der Waals surface area contributed by atoms with Crippen LogP contribution in [0.1, 0.15) is 0 Å². The highest BCUT2D eigenvalue weighted by molar-refractivity contribution is 5.84. The number of hydrogen-bond acceptors (Lipinski definition) is 3. The highest BCUT2D eigenvalue weighted by Gasteiger charge is 2.04. The molecule has 64 valence electrons. The van der Waals surface area contributed by atoms with E-state index in [9.17, 15) is 4.39 Å². The van der Waals surface area contributed by atoms with Gasteiger partial charge < -0.3 is 0 Å². The van der Waals surface area contributed by atoms with Gasteiger partial charge in [-0.25, -0.2) is 9.37 Å². The summed E-state index contributed by atoms with van der Waals surface area (Å²) in [5.74, 6) is -0.326. The molecular weight excluding hydrogens is 175 g/mol. The first-order valence-corrected chi connectivity index (χ1v) is 3.36.